The van der Waals surface area contributed by atoms with Gasteiger partial charge < -0.3 is 8.83 Å². The Morgan fingerprint density at radius 2 is 1.72 bits per heavy atom. The van der Waals surface area contributed by atoms with Gasteiger partial charge in [0.25, 0.3) is 0 Å². The molecule has 0 unspecified atom stereocenters. The number of hydrogen-bond acceptors (Lipinski definition) is 3. The first-order valence-electron chi connectivity index (χ1n) is 8.63. The Balaban J connectivity index is 2.06. The number of aryl methyl sites for hydroxylation is 3. The molecule has 0 saturated carbocycles. The fourth-order valence-corrected chi connectivity index (χ4v) is 3.47. The molecule has 0 aliphatic carbocycles. The summed E-state index contributed by atoms with van der Waals surface area (Å²) in [5.74, 6) is 0. The van der Waals surface area contributed by atoms with Gasteiger partial charge in [0.15, 0.2) is 0 Å². The van der Waals surface area contributed by atoms with Crippen molar-refractivity contribution in [2.24, 2.45) is 0 Å². The van der Waals surface area contributed by atoms with Crippen molar-refractivity contribution in [2.75, 3.05) is 0 Å². The zero-order valence-electron chi connectivity index (χ0n) is 14.7. The van der Waals surface area contributed by atoms with E-state index in [9.17, 15) is 4.79 Å². The van der Waals surface area contributed by atoms with Crippen LogP contribution in [0.3, 0.4) is 0 Å². The molecule has 0 amide bonds. The zero-order chi connectivity index (χ0) is 17.6. The maximum absolute atomic E-state index is 11.9. The molecule has 0 bridgehead atoms. The van der Waals surface area contributed by atoms with E-state index in [0.717, 1.165) is 51.5 Å². The Kier molecular flexibility index (Phi) is 3.72. The molecule has 0 radical (unpaired) electrons. The van der Waals surface area contributed by atoms with Crippen LogP contribution in [-0.2, 0) is 6.42 Å². The normalized spacial score (nSPS) is 11.5. The lowest BCUT2D eigenvalue weighted by Gasteiger charge is -2.08. The minimum absolute atomic E-state index is 0.302. The van der Waals surface area contributed by atoms with Crippen LogP contribution in [0.5, 0.6) is 0 Å². The minimum atomic E-state index is -0.302. The highest BCUT2D eigenvalue weighted by molar-refractivity contribution is 6.04. The van der Waals surface area contributed by atoms with Crippen molar-refractivity contribution in [2.45, 2.75) is 33.6 Å². The van der Waals surface area contributed by atoms with Crippen molar-refractivity contribution in [3.63, 3.8) is 0 Å². The Morgan fingerprint density at radius 3 is 2.44 bits per heavy atom. The summed E-state index contributed by atoms with van der Waals surface area (Å²) < 4.78 is 11.4. The van der Waals surface area contributed by atoms with E-state index in [0.29, 0.717) is 5.58 Å². The molecule has 0 saturated heterocycles. The van der Waals surface area contributed by atoms with E-state index >= 15 is 0 Å². The first-order valence-corrected chi connectivity index (χ1v) is 8.63. The molecule has 0 atom stereocenters. The molecule has 126 valence electrons. The van der Waals surface area contributed by atoms with E-state index in [1.54, 1.807) is 12.3 Å². The predicted octanol–water partition coefficient (Wildman–Crippen LogP) is 5.78. The summed E-state index contributed by atoms with van der Waals surface area (Å²) >= 11 is 0. The van der Waals surface area contributed by atoms with Crippen LogP contribution in [0.4, 0.5) is 0 Å². The van der Waals surface area contributed by atoms with Gasteiger partial charge in [0, 0.05) is 28.0 Å². The zero-order valence-corrected chi connectivity index (χ0v) is 14.7. The Bertz CT molecular complexity index is 1130. The monoisotopic (exact) mass is 332 g/mol. The van der Waals surface area contributed by atoms with Crippen molar-refractivity contribution in [3.05, 3.63) is 69.8 Å². The van der Waals surface area contributed by atoms with Gasteiger partial charge in [-0.3, -0.25) is 0 Å². The number of benzene rings is 2. The molecule has 3 nitrogen and oxygen atoms in total. The standard InChI is InChI=1S/C22H20O3/c1-4-5-16-10-20(23)25-22-14(3)21-18(11-17(16)22)19(12-24-21)15-8-6-13(2)7-9-15/h6-12H,4-5H2,1-3H3. The molecule has 0 N–H and O–H groups in total. The van der Waals surface area contributed by atoms with E-state index < -0.39 is 0 Å². The summed E-state index contributed by atoms with van der Waals surface area (Å²) in [4.78, 5) is 11.9. The molecule has 0 fully saturated rings. The summed E-state index contributed by atoms with van der Waals surface area (Å²) in [6.45, 7) is 6.14. The molecule has 2 aromatic carbocycles. The molecule has 4 rings (SSSR count). The number of hydrogen-bond donors (Lipinski definition) is 0. The molecule has 2 heterocycles. The van der Waals surface area contributed by atoms with Gasteiger partial charge in [-0.1, -0.05) is 43.2 Å². The van der Waals surface area contributed by atoms with Crippen molar-refractivity contribution in [1.29, 1.82) is 0 Å². The molecule has 25 heavy (non-hydrogen) atoms. The van der Waals surface area contributed by atoms with E-state index in [-0.39, 0.29) is 5.63 Å². The van der Waals surface area contributed by atoms with Crippen LogP contribution >= 0.6 is 0 Å². The highest BCUT2D eigenvalue weighted by Crippen LogP contribution is 2.37. The summed E-state index contributed by atoms with van der Waals surface area (Å²) in [6.07, 6.45) is 3.62. The molecule has 0 aliphatic heterocycles. The third kappa shape index (κ3) is 2.56. The van der Waals surface area contributed by atoms with Crippen molar-refractivity contribution in [1.82, 2.24) is 0 Å². The third-order valence-electron chi connectivity index (χ3n) is 4.77. The van der Waals surface area contributed by atoms with Gasteiger partial charge in [0.05, 0.1) is 6.26 Å². The second-order valence-corrected chi connectivity index (χ2v) is 6.61. The lowest BCUT2D eigenvalue weighted by molar-refractivity contribution is 0.554. The van der Waals surface area contributed by atoms with Crippen molar-refractivity contribution in [3.8, 4) is 11.1 Å². The summed E-state index contributed by atoms with van der Waals surface area (Å²) in [5, 5.41) is 2.06. The van der Waals surface area contributed by atoms with Gasteiger partial charge in [0.2, 0.25) is 0 Å². The second-order valence-electron chi connectivity index (χ2n) is 6.61. The van der Waals surface area contributed by atoms with Crippen LogP contribution in [0.25, 0.3) is 33.1 Å². The summed E-state index contributed by atoms with van der Waals surface area (Å²) in [7, 11) is 0. The maximum atomic E-state index is 11.9. The van der Waals surface area contributed by atoms with E-state index in [1.807, 2.05) is 6.92 Å². The molecular weight excluding hydrogens is 312 g/mol. The number of rotatable bonds is 3. The molecule has 4 aromatic rings. The van der Waals surface area contributed by atoms with Gasteiger partial charge >= 0.3 is 5.63 Å². The highest BCUT2D eigenvalue weighted by Gasteiger charge is 2.16. The first-order chi connectivity index (χ1) is 12.1. The van der Waals surface area contributed by atoms with Crippen LogP contribution in [0.2, 0.25) is 0 Å². The Morgan fingerprint density at radius 1 is 0.960 bits per heavy atom. The lowest BCUT2D eigenvalue weighted by atomic mass is 9.97. The van der Waals surface area contributed by atoms with Crippen LogP contribution in [0, 0.1) is 13.8 Å². The average molecular weight is 332 g/mol. The largest absolute Gasteiger partial charge is 0.463 e. The fraction of sp³-hybridized carbons (Fsp3) is 0.227. The molecular formula is C22H20O3. The van der Waals surface area contributed by atoms with Gasteiger partial charge in [0.1, 0.15) is 11.2 Å². The predicted molar refractivity (Wildman–Crippen MR) is 101 cm³/mol. The van der Waals surface area contributed by atoms with Crippen LogP contribution in [-0.4, -0.2) is 0 Å². The van der Waals surface area contributed by atoms with E-state index in [2.05, 4.69) is 44.2 Å². The topological polar surface area (TPSA) is 43.4 Å². The maximum Gasteiger partial charge on any atom is 0.336 e. The lowest BCUT2D eigenvalue weighted by Crippen LogP contribution is -2.01. The Labute approximate surface area is 145 Å². The Hall–Kier alpha value is -2.81. The second kappa shape index (κ2) is 5.92. The number of fused-ring (bicyclic) bond motifs is 2. The smallest absolute Gasteiger partial charge is 0.336 e. The summed E-state index contributed by atoms with van der Waals surface area (Å²) in [6, 6.07) is 12.1. The highest BCUT2D eigenvalue weighted by atomic mass is 16.4. The fourth-order valence-electron chi connectivity index (χ4n) is 3.47. The van der Waals surface area contributed by atoms with Gasteiger partial charge in [-0.25, -0.2) is 4.79 Å². The van der Waals surface area contributed by atoms with Crippen LogP contribution in [0.15, 0.2) is 56.3 Å². The molecule has 0 spiro atoms. The average Bonchev–Trinajstić information content (AvgIpc) is 3.01. The van der Waals surface area contributed by atoms with E-state index in [4.69, 9.17) is 8.83 Å². The quantitative estimate of drug-likeness (QED) is 0.447. The first kappa shape index (κ1) is 15.7. The minimum Gasteiger partial charge on any atom is -0.463 e. The van der Waals surface area contributed by atoms with E-state index in [1.165, 1.54) is 5.56 Å². The van der Waals surface area contributed by atoms with Crippen LogP contribution in [0.1, 0.15) is 30.0 Å². The van der Waals surface area contributed by atoms with Crippen molar-refractivity contribution >= 4 is 21.9 Å². The van der Waals surface area contributed by atoms with Crippen LogP contribution < -0.4 is 5.63 Å². The molecule has 3 heteroatoms. The molecule has 0 aliphatic rings. The number of furan rings is 1. The summed E-state index contributed by atoms with van der Waals surface area (Å²) in [5.41, 5.74) is 6.43. The molecule has 2 aromatic heterocycles. The van der Waals surface area contributed by atoms with Gasteiger partial charge in [-0.05, 0) is 37.5 Å². The van der Waals surface area contributed by atoms with Gasteiger partial charge in [-0.2, -0.15) is 0 Å². The third-order valence-corrected chi connectivity index (χ3v) is 4.77. The van der Waals surface area contributed by atoms with Gasteiger partial charge in [-0.15, -0.1) is 0 Å². The van der Waals surface area contributed by atoms with Crippen molar-refractivity contribution < 1.29 is 8.83 Å². The SMILES string of the molecule is CCCc1cc(=O)oc2c(C)c3occ(-c4ccc(C)cc4)c3cc12.